The lowest BCUT2D eigenvalue weighted by Crippen LogP contribution is -2.59. The number of carbonyl (C=O) groups excluding carboxylic acids is 1. The third-order valence-electron chi connectivity index (χ3n) is 4.58. The summed E-state index contributed by atoms with van der Waals surface area (Å²) in [6, 6.07) is 5.18. The van der Waals surface area contributed by atoms with Gasteiger partial charge in [0.15, 0.2) is 12.6 Å². The van der Waals surface area contributed by atoms with Crippen LogP contribution < -0.4 is 0 Å². The van der Waals surface area contributed by atoms with Gasteiger partial charge in [0, 0.05) is 24.6 Å². The molecule has 1 aliphatic heterocycles. The van der Waals surface area contributed by atoms with E-state index in [9.17, 15) is 25.2 Å². The van der Waals surface area contributed by atoms with Gasteiger partial charge in [-0.25, -0.2) is 0 Å². The van der Waals surface area contributed by atoms with E-state index in [1.807, 2.05) is 6.20 Å². The van der Waals surface area contributed by atoms with Crippen LogP contribution in [0.4, 0.5) is 0 Å². The first kappa shape index (κ1) is 19.7. The molecular weight excluding hydrogens is 358 g/mol. The number of ether oxygens (including phenoxy) is 2. The molecule has 2 aromatic rings. The molecule has 10 nitrogen and oxygen atoms in total. The predicted octanol–water partition coefficient (Wildman–Crippen LogP) is -1.49. The van der Waals surface area contributed by atoms with E-state index in [-0.39, 0.29) is 6.61 Å². The number of aldehydes is 1. The summed E-state index contributed by atoms with van der Waals surface area (Å²) in [5.41, 5.74) is 1.13. The van der Waals surface area contributed by atoms with E-state index >= 15 is 0 Å². The minimum absolute atomic E-state index is 0.00433. The van der Waals surface area contributed by atoms with Crippen LogP contribution in [-0.2, 0) is 29.2 Å². The monoisotopic (exact) mass is 381 g/mol. The van der Waals surface area contributed by atoms with Crippen LogP contribution in [0.15, 0.2) is 30.6 Å². The fourth-order valence-electron chi connectivity index (χ4n) is 3.04. The normalized spacial score (nSPS) is 28.4. The molecule has 0 radical (unpaired) electrons. The number of carbonyl (C=O) groups is 1. The first-order valence-electron chi connectivity index (χ1n) is 8.58. The molecule has 2 aromatic heterocycles. The van der Waals surface area contributed by atoms with Crippen molar-refractivity contribution in [2.24, 2.45) is 0 Å². The van der Waals surface area contributed by atoms with Gasteiger partial charge in [0.1, 0.15) is 24.4 Å². The van der Waals surface area contributed by atoms with E-state index in [0.717, 1.165) is 6.29 Å². The minimum Gasteiger partial charge on any atom is -0.394 e. The topological polar surface area (TPSA) is 139 Å². The minimum atomic E-state index is -1.50. The Bertz CT molecular complexity index is 731. The average Bonchev–Trinajstić information content (AvgIpc) is 3.33. The maximum atomic E-state index is 11.3. The molecule has 0 unspecified atom stereocenters. The Morgan fingerprint density at radius 1 is 1.19 bits per heavy atom. The fraction of sp³-hybridized carbons (Fsp3) is 0.529. The molecule has 0 aromatic carbocycles. The lowest BCUT2D eigenvalue weighted by Gasteiger charge is -2.39. The molecule has 0 saturated carbocycles. The Morgan fingerprint density at radius 2 is 2.00 bits per heavy atom. The van der Waals surface area contributed by atoms with E-state index in [0.29, 0.717) is 24.5 Å². The highest BCUT2D eigenvalue weighted by Crippen LogP contribution is 2.23. The highest BCUT2D eigenvalue weighted by atomic mass is 16.7. The number of aromatic nitrogens is 3. The second-order valence-corrected chi connectivity index (χ2v) is 6.30. The molecule has 3 heterocycles. The van der Waals surface area contributed by atoms with Gasteiger partial charge in [-0.2, -0.15) is 5.10 Å². The number of aryl methyl sites for hydroxylation is 1. The van der Waals surface area contributed by atoms with Crippen LogP contribution in [0.3, 0.4) is 0 Å². The van der Waals surface area contributed by atoms with Crippen molar-refractivity contribution >= 4 is 6.29 Å². The van der Waals surface area contributed by atoms with Gasteiger partial charge in [0.2, 0.25) is 0 Å². The quantitative estimate of drug-likeness (QED) is 0.406. The Morgan fingerprint density at radius 3 is 2.67 bits per heavy atom. The summed E-state index contributed by atoms with van der Waals surface area (Å²) in [7, 11) is 0. The third kappa shape index (κ3) is 4.26. The number of nitrogens with zero attached hydrogens (tertiary/aromatic N) is 3. The van der Waals surface area contributed by atoms with Gasteiger partial charge in [-0.05, 0) is 18.2 Å². The van der Waals surface area contributed by atoms with Crippen LogP contribution in [0.25, 0.3) is 0 Å². The summed E-state index contributed by atoms with van der Waals surface area (Å²) in [5.74, 6) is 0. The molecule has 3 rings (SSSR count). The maximum Gasteiger partial charge on any atom is 0.187 e. The van der Waals surface area contributed by atoms with Crippen molar-refractivity contribution < 1.29 is 34.7 Å². The second-order valence-electron chi connectivity index (χ2n) is 6.30. The molecule has 0 spiro atoms. The highest BCUT2D eigenvalue weighted by molar-refractivity contribution is 5.72. The number of aliphatic hydroxyl groups excluding tert-OH is 4. The summed E-state index contributed by atoms with van der Waals surface area (Å²) in [5, 5.41) is 43.0. The Labute approximate surface area is 155 Å². The maximum absolute atomic E-state index is 11.3. The molecule has 1 saturated heterocycles. The molecular formula is C17H23N3O7. The molecule has 148 valence electrons. The summed E-state index contributed by atoms with van der Waals surface area (Å²) in [6.07, 6.45) is -2.46. The molecule has 1 aliphatic rings. The largest absolute Gasteiger partial charge is 0.394 e. The first-order chi connectivity index (χ1) is 13.0. The van der Waals surface area contributed by atoms with Gasteiger partial charge in [-0.3, -0.25) is 9.48 Å². The Kier molecular flexibility index (Phi) is 6.37. The Hall–Kier alpha value is -2.08. The van der Waals surface area contributed by atoms with E-state index in [4.69, 9.17) is 9.47 Å². The van der Waals surface area contributed by atoms with Crippen LogP contribution in [0.5, 0.6) is 0 Å². The molecule has 0 bridgehead atoms. The molecule has 27 heavy (non-hydrogen) atoms. The van der Waals surface area contributed by atoms with Crippen molar-refractivity contribution in [2.75, 3.05) is 6.61 Å². The van der Waals surface area contributed by atoms with E-state index < -0.39 is 37.3 Å². The fourth-order valence-corrected chi connectivity index (χ4v) is 3.04. The number of hydrogen-bond donors (Lipinski definition) is 4. The summed E-state index contributed by atoms with van der Waals surface area (Å²) in [6.45, 7) is 0.502. The van der Waals surface area contributed by atoms with Crippen molar-refractivity contribution in [3.8, 4) is 0 Å². The van der Waals surface area contributed by atoms with Gasteiger partial charge < -0.3 is 34.5 Å². The molecule has 4 N–H and O–H groups in total. The van der Waals surface area contributed by atoms with Crippen molar-refractivity contribution in [3.63, 3.8) is 0 Å². The lowest BCUT2D eigenvalue weighted by molar-refractivity contribution is -0.304. The zero-order valence-electron chi connectivity index (χ0n) is 14.5. The van der Waals surface area contributed by atoms with Gasteiger partial charge in [-0.1, -0.05) is 0 Å². The van der Waals surface area contributed by atoms with Gasteiger partial charge in [0.05, 0.1) is 25.5 Å². The van der Waals surface area contributed by atoms with Crippen molar-refractivity contribution in [1.82, 2.24) is 14.3 Å². The third-order valence-corrected chi connectivity index (χ3v) is 4.58. The van der Waals surface area contributed by atoms with Gasteiger partial charge >= 0.3 is 0 Å². The van der Waals surface area contributed by atoms with Crippen molar-refractivity contribution in [1.29, 1.82) is 0 Å². The molecule has 0 amide bonds. The molecule has 10 heteroatoms. The lowest BCUT2D eigenvalue weighted by atomic mass is 9.99. The number of aliphatic hydroxyl groups is 4. The number of hydrogen-bond acceptors (Lipinski definition) is 8. The summed E-state index contributed by atoms with van der Waals surface area (Å²) >= 11 is 0. The summed E-state index contributed by atoms with van der Waals surface area (Å²) < 4.78 is 14.4. The zero-order valence-corrected chi connectivity index (χ0v) is 14.5. The SMILES string of the molecule is O=Cc1ccc(CO[C@H]2O[C@H](CO)[C@H](O)[C@H](O)[C@H]2O)n1CCn1cccn1. The zero-order chi connectivity index (χ0) is 19.4. The van der Waals surface area contributed by atoms with E-state index in [1.54, 1.807) is 33.6 Å². The number of rotatable bonds is 8. The standard InChI is InChI=1S/C17H23N3O7/c21-8-11-2-3-12(20(11)7-6-19-5-1-4-18-19)10-26-17-16(25)15(24)14(23)13(9-22)27-17/h1-5,8,13-17,22-25H,6-7,9-10H2/t13-,14+,15+,16-,17+/m1/s1. The van der Waals surface area contributed by atoms with Crippen LogP contribution in [-0.4, -0.2) is 78.4 Å². The predicted molar refractivity (Wildman–Crippen MR) is 90.6 cm³/mol. The van der Waals surface area contributed by atoms with Crippen LogP contribution >= 0.6 is 0 Å². The first-order valence-corrected chi connectivity index (χ1v) is 8.58. The van der Waals surface area contributed by atoms with Crippen molar-refractivity contribution in [3.05, 3.63) is 42.0 Å². The van der Waals surface area contributed by atoms with E-state index in [1.165, 1.54) is 0 Å². The Balaban J connectivity index is 1.66. The molecule has 5 atom stereocenters. The van der Waals surface area contributed by atoms with Crippen LogP contribution in [0.2, 0.25) is 0 Å². The summed E-state index contributed by atoms with van der Waals surface area (Å²) in [4.78, 5) is 11.3. The highest BCUT2D eigenvalue weighted by Gasteiger charge is 2.44. The van der Waals surface area contributed by atoms with E-state index in [2.05, 4.69) is 5.10 Å². The van der Waals surface area contributed by atoms with Crippen molar-refractivity contribution in [2.45, 2.75) is 50.4 Å². The smallest absolute Gasteiger partial charge is 0.187 e. The van der Waals surface area contributed by atoms with Crippen LogP contribution in [0, 0.1) is 0 Å². The second kappa shape index (κ2) is 8.74. The van der Waals surface area contributed by atoms with Crippen LogP contribution in [0.1, 0.15) is 16.2 Å². The molecule has 0 aliphatic carbocycles. The molecule has 1 fully saturated rings. The average molecular weight is 381 g/mol. The van der Waals surface area contributed by atoms with Gasteiger partial charge in [0.25, 0.3) is 0 Å². The van der Waals surface area contributed by atoms with Gasteiger partial charge in [-0.15, -0.1) is 0 Å².